The molecule has 0 saturated carbocycles. The van der Waals surface area contributed by atoms with Crippen molar-refractivity contribution in [1.82, 2.24) is 15.2 Å². The molecule has 0 fully saturated rings. The van der Waals surface area contributed by atoms with Crippen LogP contribution in [0.1, 0.15) is 27.6 Å². The number of carbonyl (C=O) groups excluding carboxylic acids is 3. The number of urea groups is 1. The average Bonchev–Trinajstić information content (AvgIpc) is 2.80. The maximum absolute atomic E-state index is 12.3. The van der Waals surface area contributed by atoms with Crippen LogP contribution in [0.5, 0.6) is 0 Å². The van der Waals surface area contributed by atoms with Crippen LogP contribution in [0.4, 0.5) is 10.5 Å². The molecule has 0 aliphatic carbocycles. The lowest BCUT2D eigenvalue weighted by Gasteiger charge is -2.23. The number of hydrogen-bond donors (Lipinski definition) is 2. The van der Waals surface area contributed by atoms with Gasteiger partial charge in [-0.25, -0.2) is 4.79 Å². The molecule has 1 unspecified atom stereocenters. The van der Waals surface area contributed by atoms with Crippen LogP contribution in [-0.2, 0) is 0 Å². The molecule has 1 aliphatic rings. The number of pyridine rings is 1. The quantitative estimate of drug-likeness (QED) is 0.846. The highest BCUT2D eigenvalue weighted by Crippen LogP contribution is 2.23. The van der Waals surface area contributed by atoms with Gasteiger partial charge in [-0.15, -0.1) is 0 Å². The minimum absolute atomic E-state index is 0.346. The summed E-state index contributed by atoms with van der Waals surface area (Å²) < 4.78 is 0. The van der Waals surface area contributed by atoms with Crippen LogP contribution in [0.2, 0.25) is 0 Å². The number of nitrogens with zero attached hydrogens (tertiary/aromatic N) is 2. The normalized spacial score (nSPS) is 14.4. The summed E-state index contributed by atoms with van der Waals surface area (Å²) in [6, 6.07) is 9.42. The van der Waals surface area contributed by atoms with Gasteiger partial charge in [-0.3, -0.25) is 19.5 Å². The molecule has 1 aromatic heterocycles. The summed E-state index contributed by atoms with van der Waals surface area (Å²) in [4.78, 5) is 41.5. The van der Waals surface area contributed by atoms with Gasteiger partial charge in [-0.1, -0.05) is 12.1 Å². The van der Waals surface area contributed by atoms with E-state index in [0.29, 0.717) is 16.8 Å². The molecule has 2 heterocycles. The fraction of sp³-hybridized carbons (Fsp3) is 0.125. The largest absolute Gasteiger partial charge is 0.320 e. The predicted molar refractivity (Wildman–Crippen MR) is 82.8 cm³/mol. The molecule has 1 aliphatic heterocycles. The number of fused-ring (bicyclic) bond motifs is 1. The molecule has 7 heteroatoms. The predicted octanol–water partition coefficient (Wildman–Crippen LogP) is 1.85. The fourth-order valence-corrected chi connectivity index (χ4v) is 2.42. The van der Waals surface area contributed by atoms with E-state index in [1.165, 1.54) is 6.20 Å². The number of aromatic nitrogens is 1. The Kier molecular flexibility index (Phi) is 3.76. The van der Waals surface area contributed by atoms with Gasteiger partial charge in [0.2, 0.25) is 0 Å². The van der Waals surface area contributed by atoms with Crippen molar-refractivity contribution in [3.8, 4) is 0 Å². The van der Waals surface area contributed by atoms with Crippen LogP contribution in [0.3, 0.4) is 0 Å². The summed E-state index contributed by atoms with van der Waals surface area (Å²) in [5, 5.41) is 5.16. The Morgan fingerprint density at radius 3 is 2.30 bits per heavy atom. The Bertz CT molecular complexity index is 741. The van der Waals surface area contributed by atoms with Crippen LogP contribution >= 0.6 is 0 Å². The van der Waals surface area contributed by atoms with Crippen LogP contribution in [0.15, 0.2) is 48.8 Å². The van der Waals surface area contributed by atoms with Crippen molar-refractivity contribution in [1.29, 1.82) is 0 Å². The van der Waals surface area contributed by atoms with E-state index in [1.807, 2.05) is 0 Å². The lowest BCUT2D eigenvalue weighted by Crippen LogP contribution is -2.50. The molecular weight excluding hydrogens is 296 g/mol. The molecule has 1 aromatic carbocycles. The third-order valence-electron chi connectivity index (χ3n) is 3.47. The average molecular weight is 310 g/mol. The lowest BCUT2D eigenvalue weighted by molar-refractivity contribution is 0.0581. The van der Waals surface area contributed by atoms with Gasteiger partial charge in [0.25, 0.3) is 11.8 Å². The number of hydrogen-bond acceptors (Lipinski definition) is 4. The van der Waals surface area contributed by atoms with Crippen LogP contribution in [0.25, 0.3) is 0 Å². The van der Waals surface area contributed by atoms with Gasteiger partial charge in [0.15, 0.2) is 0 Å². The third kappa shape index (κ3) is 2.76. The number of anilines is 1. The summed E-state index contributed by atoms with van der Waals surface area (Å²) in [5.41, 5.74) is 1.21. The summed E-state index contributed by atoms with van der Waals surface area (Å²) in [6.45, 7) is 1.57. The van der Waals surface area contributed by atoms with E-state index in [-0.39, 0.29) is 0 Å². The van der Waals surface area contributed by atoms with Crippen molar-refractivity contribution in [2.45, 2.75) is 13.1 Å². The van der Waals surface area contributed by atoms with Gasteiger partial charge in [-0.05, 0) is 31.2 Å². The summed E-state index contributed by atoms with van der Waals surface area (Å²) >= 11 is 0. The Labute approximate surface area is 132 Å². The van der Waals surface area contributed by atoms with Crippen LogP contribution < -0.4 is 10.6 Å². The summed E-state index contributed by atoms with van der Waals surface area (Å²) in [5.74, 6) is -0.834. The number of rotatable bonds is 3. The fourth-order valence-electron chi connectivity index (χ4n) is 2.42. The number of imide groups is 1. The first kappa shape index (κ1) is 14.7. The molecule has 0 saturated heterocycles. The van der Waals surface area contributed by atoms with E-state index in [4.69, 9.17) is 0 Å². The first-order valence-corrected chi connectivity index (χ1v) is 7.02. The van der Waals surface area contributed by atoms with E-state index in [1.54, 1.807) is 49.5 Å². The second-order valence-corrected chi connectivity index (χ2v) is 5.04. The monoisotopic (exact) mass is 310 g/mol. The maximum atomic E-state index is 12.3. The van der Waals surface area contributed by atoms with Gasteiger partial charge in [0.05, 0.1) is 23.0 Å². The zero-order valence-corrected chi connectivity index (χ0v) is 12.3. The summed E-state index contributed by atoms with van der Waals surface area (Å²) in [7, 11) is 0. The second kappa shape index (κ2) is 5.88. The number of amides is 4. The molecule has 116 valence electrons. The molecule has 4 amide bonds. The molecule has 0 spiro atoms. The molecule has 7 nitrogen and oxygen atoms in total. The first-order valence-electron chi connectivity index (χ1n) is 7.02. The van der Waals surface area contributed by atoms with Crippen molar-refractivity contribution < 1.29 is 14.4 Å². The van der Waals surface area contributed by atoms with Crippen molar-refractivity contribution >= 4 is 23.5 Å². The van der Waals surface area contributed by atoms with Crippen molar-refractivity contribution in [2.24, 2.45) is 0 Å². The van der Waals surface area contributed by atoms with Gasteiger partial charge in [0.1, 0.15) is 6.17 Å². The number of benzene rings is 1. The maximum Gasteiger partial charge on any atom is 0.320 e. The lowest BCUT2D eigenvalue weighted by atomic mass is 10.1. The smallest absolute Gasteiger partial charge is 0.317 e. The van der Waals surface area contributed by atoms with Gasteiger partial charge in [0, 0.05) is 6.20 Å². The molecule has 0 bridgehead atoms. The number of nitrogens with one attached hydrogen (secondary N) is 2. The summed E-state index contributed by atoms with van der Waals surface area (Å²) in [6.07, 6.45) is 2.30. The van der Waals surface area contributed by atoms with Crippen LogP contribution in [0, 0.1) is 0 Å². The molecule has 23 heavy (non-hydrogen) atoms. The van der Waals surface area contributed by atoms with E-state index < -0.39 is 24.0 Å². The molecule has 0 radical (unpaired) electrons. The molecule has 2 N–H and O–H groups in total. The van der Waals surface area contributed by atoms with E-state index in [0.717, 1.165) is 4.90 Å². The zero-order chi connectivity index (χ0) is 16.4. The van der Waals surface area contributed by atoms with Crippen LogP contribution in [-0.4, -0.2) is 33.9 Å². The molecular formula is C16H14N4O3. The Hall–Kier alpha value is -3.22. The SMILES string of the molecule is CC(NC(=O)Nc1cccnc1)N1C(=O)c2ccccc2C1=O. The second-order valence-electron chi connectivity index (χ2n) is 5.04. The minimum atomic E-state index is -0.779. The minimum Gasteiger partial charge on any atom is -0.317 e. The zero-order valence-electron chi connectivity index (χ0n) is 12.3. The van der Waals surface area contributed by atoms with Gasteiger partial charge < -0.3 is 10.6 Å². The van der Waals surface area contributed by atoms with E-state index in [2.05, 4.69) is 15.6 Å². The molecule has 3 rings (SSSR count). The highest BCUT2D eigenvalue weighted by Gasteiger charge is 2.38. The highest BCUT2D eigenvalue weighted by molar-refractivity contribution is 6.21. The van der Waals surface area contributed by atoms with Gasteiger partial charge in [-0.2, -0.15) is 0 Å². The Morgan fingerprint density at radius 2 is 1.74 bits per heavy atom. The van der Waals surface area contributed by atoms with Gasteiger partial charge >= 0.3 is 6.03 Å². The van der Waals surface area contributed by atoms with Crippen molar-refractivity contribution in [2.75, 3.05) is 5.32 Å². The Morgan fingerprint density at radius 1 is 1.09 bits per heavy atom. The third-order valence-corrected chi connectivity index (χ3v) is 3.47. The molecule has 1 atom stereocenters. The van der Waals surface area contributed by atoms with E-state index >= 15 is 0 Å². The van der Waals surface area contributed by atoms with E-state index in [9.17, 15) is 14.4 Å². The van der Waals surface area contributed by atoms with Crippen molar-refractivity contribution in [3.05, 3.63) is 59.9 Å². The Balaban J connectivity index is 1.70. The standard InChI is InChI=1S/C16H14N4O3/c1-10(18-16(23)19-11-5-4-8-17-9-11)20-14(21)12-6-2-3-7-13(12)15(20)22/h2-10H,1H3,(H2,18,19,23). The first-order chi connectivity index (χ1) is 11.1. The van der Waals surface area contributed by atoms with Crippen molar-refractivity contribution in [3.63, 3.8) is 0 Å². The topological polar surface area (TPSA) is 91.4 Å². The molecule has 2 aromatic rings. The number of carbonyl (C=O) groups is 3. The highest BCUT2D eigenvalue weighted by atomic mass is 16.2.